The van der Waals surface area contributed by atoms with Crippen LogP contribution in [0.3, 0.4) is 0 Å². The summed E-state index contributed by atoms with van der Waals surface area (Å²) in [6, 6.07) is 0. The van der Waals surface area contributed by atoms with Crippen LogP contribution >= 0.6 is 0 Å². The molecule has 1 aliphatic heterocycles. The lowest BCUT2D eigenvalue weighted by Crippen LogP contribution is -2.31. The van der Waals surface area contributed by atoms with Gasteiger partial charge in [0.1, 0.15) is 0 Å². The van der Waals surface area contributed by atoms with Gasteiger partial charge in [-0.2, -0.15) is 0 Å². The summed E-state index contributed by atoms with van der Waals surface area (Å²) in [5, 5.41) is 9.64. The van der Waals surface area contributed by atoms with E-state index in [1.54, 1.807) is 0 Å². The molecule has 0 radical (unpaired) electrons. The van der Waals surface area contributed by atoms with Gasteiger partial charge in [-0.3, -0.25) is 0 Å². The van der Waals surface area contributed by atoms with Crippen LogP contribution in [-0.4, -0.2) is 22.9 Å². The van der Waals surface area contributed by atoms with Gasteiger partial charge in [0.05, 0.1) is 17.8 Å². The van der Waals surface area contributed by atoms with Gasteiger partial charge in [-0.15, -0.1) is 0 Å². The first-order chi connectivity index (χ1) is 4.56. The highest BCUT2D eigenvalue weighted by molar-refractivity contribution is 4.89. The van der Waals surface area contributed by atoms with E-state index in [0.29, 0.717) is 0 Å². The van der Waals surface area contributed by atoms with Crippen molar-refractivity contribution in [3.05, 3.63) is 0 Å². The quantitative estimate of drug-likeness (QED) is 0.601. The molecule has 2 nitrogen and oxygen atoms in total. The lowest BCUT2D eigenvalue weighted by atomic mass is 9.96. The Bertz CT molecular complexity index is 120. The molecule has 1 unspecified atom stereocenters. The summed E-state index contributed by atoms with van der Waals surface area (Å²) in [5.41, 5.74) is -0.597. The van der Waals surface area contributed by atoms with Crippen molar-refractivity contribution < 1.29 is 9.84 Å². The third kappa shape index (κ3) is 1.32. The molecule has 0 bridgehead atoms. The molecular weight excluding hydrogens is 128 g/mol. The second-order valence-electron chi connectivity index (χ2n) is 3.37. The minimum Gasteiger partial charge on any atom is -0.387 e. The van der Waals surface area contributed by atoms with Gasteiger partial charge in [0.2, 0.25) is 0 Å². The van der Waals surface area contributed by atoms with E-state index < -0.39 is 5.60 Å². The third-order valence-corrected chi connectivity index (χ3v) is 2.37. The summed E-state index contributed by atoms with van der Waals surface area (Å²) in [6.45, 7) is 5.85. The number of aliphatic hydroxyl groups is 1. The van der Waals surface area contributed by atoms with E-state index in [1.807, 2.05) is 13.8 Å². The number of rotatable bonds is 1. The normalized spacial score (nSPS) is 48.0. The van der Waals surface area contributed by atoms with Crippen LogP contribution < -0.4 is 0 Å². The molecule has 0 spiro atoms. The highest BCUT2D eigenvalue weighted by atomic mass is 16.5. The Hall–Kier alpha value is -0.0800. The van der Waals surface area contributed by atoms with Crippen molar-refractivity contribution in [3.8, 4) is 0 Å². The van der Waals surface area contributed by atoms with E-state index >= 15 is 0 Å². The van der Waals surface area contributed by atoms with Crippen molar-refractivity contribution in [1.29, 1.82) is 0 Å². The highest BCUT2D eigenvalue weighted by Gasteiger charge is 2.39. The third-order valence-electron chi connectivity index (χ3n) is 2.37. The van der Waals surface area contributed by atoms with E-state index in [4.69, 9.17) is 4.74 Å². The van der Waals surface area contributed by atoms with Gasteiger partial charge >= 0.3 is 0 Å². The number of hydrogen-bond donors (Lipinski definition) is 1. The van der Waals surface area contributed by atoms with Crippen LogP contribution in [0.5, 0.6) is 0 Å². The number of ether oxygens (including phenoxy) is 1. The molecule has 1 N–H and O–H groups in total. The van der Waals surface area contributed by atoms with Crippen molar-refractivity contribution in [2.75, 3.05) is 0 Å². The monoisotopic (exact) mass is 144 g/mol. The second-order valence-corrected chi connectivity index (χ2v) is 3.37. The van der Waals surface area contributed by atoms with Gasteiger partial charge < -0.3 is 9.84 Å². The molecule has 0 saturated carbocycles. The van der Waals surface area contributed by atoms with Crippen LogP contribution in [0.2, 0.25) is 0 Å². The average molecular weight is 144 g/mol. The van der Waals surface area contributed by atoms with Gasteiger partial charge in [0.25, 0.3) is 0 Å². The topological polar surface area (TPSA) is 29.5 Å². The maximum Gasteiger partial charge on any atom is 0.0902 e. The molecule has 1 aliphatic rings. The minimum absolute atomic E-state index is 0.00236. The molecular formula is C8H16O2. The van der Waals surface area contributed by atoms with Gasteiger partial charge in [-0.05, 0) is 20.3 Å². The predicted octanol–water partition coefficient (Wildman–Crippen LogP) is 1.32. The Morgan fingerprint density at radius 1 is 1.70 bits per heavy atom. The van der Waals surface area contributed by atoms with Gasteiger partial charge in [0, 0.05) is 6.42 Å². The van der Waals surface area contributed by atoms with Gasteiger partial charge in [-0.25, -0.2) is 0 Å². The summed E-state index contributed by atoms with van der Waals surface area (Å²) in [5.74, 6) is 0. The maximum atomic E-state index is 9.64. The fraction of sp³-hybridized carbons (Fsp3) is 1.00. The van der Waals surface area contributed by atoms with Gasteiger partial charge in [0.15, 0.2) is 0 Å². The summed E-state index contributed by atoms with van der Waals surface area (Å²) in [4.78, 5) is 0. The Morgan fingerprint density at radius 3 is 2.50 bits per heavy atom. The Labute approximate surface area is 62.2 Å². The first-order valence-corrected chi connectivity index (χ1v) is 3.94. The van der Waals surface area contributed by atoms with Crippen LogP contribution in [0.25, 0.3) is 0 Å². The van der Waals surface area contributed by atoms with Crippen LogP contribution in [0.1, 0.15) is 33.6 Å². The molecule has 3 atom stereocenters. The highest BCUT2D eigenvalue weighted by Crippen LogP contribution is 2.30. The first-order valence-electron chi connectivity index (χ1n) is 3.94. The Morgan fingerprint density at radius 2 is 2.30 bits per heavy atom. The predicted molar refractivity (Wildman–Crippen MR) is 39.9 cm³/mol. The standard InChI is InChI=1S/C8H16O2/c1-4-7-5-8(3,9)6(2)10-7/h6-7,9H,4-5H2,1-3H3/t6-,7+,8?/m0/s1. The lowest BCUT2D eigenvalue weighted by molar-refractivity contribution is -0.0262. The molecule has 1 saturated heterocycles. The molecule has 10 heavy (non-hydrogen) atoms. The van der Waals surface area contributed by atoms with Crippen molar-refractivity contribution in [2.45, 2.75) is 51.4 Å². The zero-order valence-electron chi connectivity index (χ0n) is 6.92. The molecule has 60 valence electrons. The Balaban J connectivity index is 2.53. The summed E-state index contributed by atoms with van der Waals surface area (Å²) in [7, 11) is 0. The van der Waals surface area contributed by atoms with Crippen LogP contribution in [0.15, 0.2) is 0 Å². The van der Waals surface area contributed by atoms with Crippen molar-refractivity contribution in [1.82, 2.24) is 0 Å². The molecule has 0 aromatic rings. The van der Waals surface area contributed by atoms with E-state index in [9.17, 15) is 5.11 Å². The second kappa shape index (κ2) is 2.51. The van der Waals surface area contributed by atoms with E-state index in [1.165, 1.54) is 0 Å². The van der Waals surface area contributed by atoms with Crippen molar-refractivity contribution >= 4 is 0 Å². The van der Waals surface area contributed by atoms with Crippen molar-refractivity contribution in [2.24, 2.45) is 0 Å². The van der Waals surface area contributed by atoms with Crippen LogP contribution in [-0.2, 0) is 4.74 Å². The maximum absolute atomic E-state index is 9.64. The largest absolute Gasteiger partial charge is 0.387 e. The molecule has 0 amide bonds. The molecule has 1 rings (SSSR count). The molecule has 0 aliphatic carbocycles. The van der Waals surface area contributed by atoms with E-state index in [-0.39, 0.29) is 12.2 Å². The fourth-order valence-electron chi connectivity index (χ4n) is 1.35. The molecule has 1 heterocycles. The number of hydrogen-bond acceptors (Lipinski definition) is 2. The first kappa shape index (κ1) is 8.02. The molecule has 2 heteroatoms. The molecule has 0 aromatic heterocycles. The Kier molecular flexibility index (Phi) is 2.02. The van der Waals surface area contributed by atoms with E-state index in [2.05, 4.69) is 6.92 Å². The lowest BCUT2D eigenvalue weighted by Gasteiger charge is -2.18. The smallest absolute Gasteiger partial charge is 0.0902 e. The SMILES string of the molecule is CC[C@@H]1CC(C)(O)[C@H](C)O1. The van der Waals surface area contributed by atoms with Crippen LogP contribution in [0.4, 0.5) is 0 Å². The van der Waals surface area contributed by atoms with Crippen LogP contribution in [0, 0.1) is 0 Å². The molecule has 1 fully saturated rings. The van der Waals surface area contributed by atoms with Crippen molar-refractivity contribution in [3.63, 3.8) is 0 Å². The summed E-state index contributed by atoms with van der Waals surface area (Å²) >= 11 is 0. The zero-order valence-corrected chi connectivity index (χ0v) is 6.92. The average Bonchev–Trinajstić information content (AvgIpc) is 2.08. The minimum atomic E-state index is -0.597. The summed E-state index contributed by atoms with van der Waals surface area (Å²) in [6.07, 6.45) is 2.05. The fourth-order valence-corrected chi connectivity index (χ4v) is 1.35. The zero-order chi connectivity index (χ0) is 7.78. The molecule has 0 aromatic carbocycles. The summed E-state index contributed by atoms with van der Waals surface area (Å²) < 4.78 is 5.48. The van der Waals surface area contributed by atoms with Gasteiger partial charge in [-0.1, -0.05) is 6.92 Å². The van der Waals surface area contributed by atoms with E-state index in [0.717, 1.165) is 12.8 Å².